The number of H-pyrrole nitrogens is 1. The molecule has 33 heavy (non-hydrogen) atoms. The molecule has 0 aliphatic carbocycles. The van der Waals surface area contributed by atoms with Crippen molar-refractivity contribution in [3.05, 3.63) is 67.1 Å². The summed E-state index contributed by atoms with van der Waals surface area (Å²) >= 11 is 1.59. The maximum absolute atomic E-state index is 13.0. The second-order valence-corrected chi connectivity index (χ2v) is 8.37. The number of rotatable bonds is 6. The topological polar surface area (TPSA) is 143 Å². The summed E-state index contributed by atoms with van der Waals surface area (Å²) in [4.78, 5) is 50.9. The maximum Gasteiger partial charge on any atom is 0.335 e. The third kappa shape index (κ3) is 4.55. The predicted molar refractivity (Wildman–Crippen MR) is 127 cm³/mol. The molecular weight excluding hydrogens is 446 g/mol. The van der Waals surface area contributed by atoms with Gasteiger partial charge in [0.05, 0.1) is 30.8 Å². The fourth-order valence-electron chi connectivity index (χ4n) is 3.18. The molecule has 0 atom stereocenters. The van der Waals surface area contributed by atoms with Crippen LogP contribution < -0.4 is 31.9 Å². The van der Waals surface area contributed by atoms with E-state index in [-0.39, 0.29) is 17.5 Å². The number of ether oxygens (including phenoxy) is 1. The Balaban J connectivity index is 1.61. The number of hydrogen-bond donors (Lipinski definition) is 4. The van der Waals surface area contributed by atoms with E-state index in [2.05, 4.69) is 30.9 Å². The van der Waals surface area contributed by atoms with Gasteiger partial charge in [-0.05, 0) is 37.3 Å². The number of benzene rings is 1. The van der Waals surface area contributed by atoms with Gasteiger partial charge in [0, 0.05) is 22.5 Å². The number of carbonyl (C=O) groups excluding carboxylic acids is 1. The van der Waals surface area contributed by atoms with Gasteiger partial charge >= 0.3 is 11.7 Å². The number of nitrogens with zero attached hydrogens (tertiary/aromatic N) is 3. The first-order chi connectivity index (χ1) is 15.9. The minimum Gasteiger partial charge on any atom is -0.479 e. The number of aryl methyl sites for hydroxylation is 1. The summed E-state index contributed by atoms with van der Waals surface area (Å²) in [7, 11) is 3.09. The van der Waals surface area contributed by atoms with Crippen LogP contribution in [0.5, 0.6) is 5.88 Å². The highest BCUT2D eigenvalue weighted by Crippen LogP contribution is 2.21. The Morgan fingerprint density at radius 1 is 1.24 bits per heavy atom. The number of urea groups is 1. The van der Waals surface area contributed by atoms with Crippen LogP contribution in [0, 0.1) is 6.92 Å². The Labute approximate surface area is 191 Å². The number of hydrogen-bond acceptors (Lipinski definition) is 8. The van der Waals surface area contributed by atoms with Crippen molar-refractivity contribution in [2.45, 2.75) is 13.5 Å². The summed E-state index contributed by atoms with van der Waals surface area (Å²) in [5, 5.41) is 8.60. The van der Waals surface area contributed by atoms with E-state index >= 15 is 0 Å². The Hall–Kier alpha value is -4.19. The summed E-state index contributed by atoms with van der Waals surface area (Å²) in [6, 6.07) is 8.42. The molecule has 4 N–H and O–H groups in total. The average molecular weight is 468 g/mol. The van der Waals surface area contributed by atoms with Crippen molar-refractivity contribution in [2.75, 3.05) is 24.8 Å². The molecule has 4 rings (SSSR count). The first kappa shape index (κ1) is 22.0. The van der Waals surface area contributed by atoms with Gasteiger partial charge in [-0.25, -0.2) is 14.6 Å². The van der Waals surface area contributed by atoms with Gasteiger partial charge in [-0.1, -0.05) is 0 Å². The molecule has 0 bridgehead atoms. The largest absolute Gasteiger partial charge is 0.479 e. The van der Waals surface area contributed by atoms with E-state index in [1.807, 2.05) is 19.1 Å². The lowest BCUT2D eigenvalue weighted by Crippen LogP contribution is -2.35. The molecule has 0 saturated heterocycles. The molecule has 0 spiro atoms. The van der Waals surface area contributed by atoms with Gasteiger partial charge in [0.25, 0.3) is 5.56 Å². The number of aromatic amines is 1. The van der Waals surface area contributed by atoms with Crippen LogP contribution in [-0.4, -0.2) is 39.7 Å². The third-order valence-corrected chi connectivity index (χ3v) is 5.79. The minimum atomic E-state index is -0.701. The molecule has 1 aromatic carbocycles. The molecule has 0 fully saturated rings. The van der Waals surface area contributed by atoms with Crippen molar-refractivity contribution < 1.29 is 9.53 Å². The number of anilines is 2. The number of thiophene rings is 1. The summed E-state index contributed by atoms with van der Waals surface area (Å²) in [6.07, 6.45) is 1.27. The van der Waals surface area contributed by atoms with Crippen LogP contribution in [0.4, 0.5) is 16.2 Å². The van der Waals surface area contributed by atoms with Crippen LogP contribution in [0.15, 0.2) is 46.1 Å². The normalized spacial score (nSPS) is 10.8. The number of nitrogens with one attached hydrogen (secondary N) is 4. The van der Waals surface area contributed by atoms with Crippen molar-refractivity contribution in [1.29, 1.82) is 0 Å². The van der Waals surface area contributed by atoms with E-state index in [9.17, 15) is 14.4 Å². The maximum atomic E-state index is 13.0. The lowest BCUT2D eigenvalue weighted by Gasteiger charge is -2.12. The molecule has 2 amide bonds. The van der Waals surface area contributed by atoms with Crippen molar-refractivity contribution in [3.8, 4) is 11.8 Å². The van der Waals surface area contributed by atoms with E-state index in [4.69, 9.17) is 4.74 Å². The predicted octanol–water partition coefficient (Wildman–Crippen LogP) is 2.21. The second kappa shape index (κ2) is 9.12. The molecule has 11 nitrogen and oxygen atoms in total. The second-order valence-electron chi connectivity index (χ2n) is 6.99. The van der Waals surface area contributed by atoms with Gasteiger partial charge in [0.15, 0.2) is 0 Å². The van der Waals surface area contributed by atoms with Crippen LogP contribution in [0.25, 0.3) is 16.9 Å². The number of fused-ring (bicyclic) bond motifs is 1. The lowest BCUT2D eigenvalue weighted by molar-refractivity contribution is 0.251. The first-order valence-electron chi connectivity index (χ1n) is 9.88. The van der Waals surface area contributed by atoms with Crippen LogP contribution in [0.1, 0.15) is 9.75 Å². The van der Waals surface area contributed by atoms with E-state index in [0.29, 0.717) is 17.4 Å². The van der Waals surface area contributed by atoms with E-state index in [1.165, 1.54) is 13.3 Å². The van der Waals surface area contributed by atoms with Crippen molar-refractivity contribution in [1.82, 2.24) is 24.8 Å². The number of aromatic nitrogens is 4. The SMILES string of the molecule is CNc1ccc2c(=O)n(-c3ncc(NC(=O)NCc4ccc(C)s4)c(OC)n3)c(=O)[nH]c2c1. The van der Waals surface area contributed by atoms with Crippen molar-refractivity contribution >= 4 is 39.6 Å². The lowest BCUT2D eigenvalue weighted by atomic mass is 10.2. The fraction of sp³-hybridized carbons (Fsp3) is 0.190. The standard InChI is InChI=1S/C21H21N7O4S/c1-11-4-6-13(33-11)9-24-20(30)25-16-10-23-19(27-17(16)32-3)28-18(29)14-7-5-12(22-2)8-15(14)26-21(28)31/h4-8,10,22H,9H2,1-3H3,(H,26,31)(H2,24,25,30). The highest BCUT2D eigenvalue weighted by molar-refractivity contribution is 7.11. The molecular formula is C21H21N7O4S. The number of methoxy groups -OCH3 is 1. The molecule has 0 saturated carbocycles. The zero-order chi connectivity index (χ0) is 23.5. The van der Waals surface area contributed by atoms with Gasteiger partial charge in [0.1, 0.15) is 5.69 Å². The Morgan fingerprint density at radius 3 is 2.76 bits per heavy atom. The molecule has 170 valence electrons. The van der Waals surface area contributed by atoms with Crippen LogP contribution in [0.3, 0.4) is 0 Å². The minimum absolute atomic E-state index is 0.000883. The van der Waals surface area contributed by atoms with Crippen LogP contribution >= 0.6 is 11.3 Å². The van der Waals surface area contributed by atoms with Crippen molar-refractivity contribution in [2.24, 2.45) is 0 Å². The average Bonchev–Trinajstić information content (AvgIpc) is 3.23. The number of amides is 2. The quantitative estimate of drug-likeness (QED) is 0.340. The summed E-state index contributed by atoms with van der Waals surface area (Å²) in [5.74, 6) is -0.184. The van der Waals surface area contributed by atoms with Crippen LogP contribution in [-0.2, 0) is 6.54 Å². The molecule has 0 radical (unpaired) electrons. The fourth-order valence-corrected chi connectivity index (χ4v) is 4.01. The van der Waals surface area contributed by atoms with Crippen molar-refractivity contribution in [3.63, 3.8) is 0 Å². The van der Waals surface area contributed by atoms with E-state index < -0.39 is 17.3 Å². The van der Waals surface area contributed by atoms with Gasteiger partial charge < -0.3 is 25.7 Å². The Bertz CT molecular complexity index is 1460. The van der Waals surface area contributed by atoms with E-state index in [1.54, 1.807) is 36.6 Å². The summed E-state index contributed by atoms with van der Waals surface area (Å²) in [5.41, 5.74) is 0.0350. The molecule has 4 aromatic rings. The monoisotopic (exact) mass is 467 g/mol. The van der Waals surface area contributed by atoms with Gasteiger partial charge in [-0.15, -0.1) is 11.3 Å². The Morgan fingerprint density at radius 2 is 2.06 bits per heavy atom. The van der Waals surface area contributed by atoms with Gasteiger partial charge in [0.2, 0.25) is 11.8 Å². The molecule has 0 aliphatic rings. The van der Waals surface area contributed by atoms with Gasteiger partial charge in [-0.3, -0.25) is 4.79 Å². The summed E-state index contributed by atoms with van der Waals surface area (Å²) in [6.45, 7) is 2.35. The third-order valence-electron chi connectivity index (χ3n) is 4.79. The highest BCUT2D eigenvalue weighted by atomic mass is 32.1. The molecule has 12 heteroatoms. The highest BCUT2D eigenvalue weighted by Gasteiger charge is 2.16. The van der Waals surface area contributed by atoms with Crippen LogP contribution in [0.2, 0.25) is 0 Å². The zero-order valence-electron chi connectivity index (χ0n) is 18.1. The molecule has 3 heterocycles. The Kier molecular flexibility index (Phi) is 6.09. The first-order valence-corrected chi connectivity index (χ1v) is 10.7. The molecule has 0 unspecified atom stereocenters. The molecule has 3 aromatic heterocycles. The molecule has 0 aliphatic heterocycles. The zero-order valence-corrected chi connectivity index (χ0v) is 18.9. The summed E-state index contributed by atoms with van der Waals surface area (Å²) < 4.78 is 6.06. The van der Waals surface area contributed by atoms with E-state index in [0.717, 1.165) is 20.0 Å². The van der Waals surface area contributed by atoms with Gasteiger partial charge in [-0.2, -0.15) is 9.55 Å². The smallest absolute Gasteiger partial charge is 0.335 e. The number of carbonyl (C=O) groups is 1.